The lowest BCUT2D eigenvalue weighted by Crippen LogP contribution is -2.23. The molecule has 2 aromatic carbocycles. The molecule has 2 aromatic rings. The average Bonchev–Trinajstić information content (AvgIpc) is 3.34. The molecule has 0 aromatic heterocycles. The lowest BCUT2D eigenvalue weighted by atomic mass is 9.98. The molecule has 0 spiro atoms. The third-order valence-corrected chi connectivity index (χ3v) is 4.37. The number of benzene rings is 2. The van der Waals surface area contributed by atoms with Gasteiger partial charge in [0.15, 0.2) is 0 Å². The molecule has 0 bridgehead atoms. The van der Waals surface area contributed by atoms with Crippen molar-refractivity contribution in [3.63, 3.8) is 0 Å². The Morgan fingerprint density at radius 1 is 1.14 bits per heavy atom. The summed E-state index contributed by atoms with van der Waals surface area (Å²) >= 11 is 0. The molecule has 0 amide bonds. The fraction of sp³-hybridized carbons (Fsp3) is 0.368. The minimum absolute atomic E-state index is 0.412. The Labute approximate surface area is 127 Å². The van der Waals surface area contributed by atoms with Gasteiger partial charge in [-0.3, -0.25) is 0 Å². The number of nitrogens with one attached hydrogen (secondary N) is 1. The fourth-order valence-corrected chi connectivity index (χ4v) is 3.24. The Morgan fingerprint density at radius 2 is 1.95 bits per heavy atom. The first-order chi connectivity index (χ1) is 10.3. The lowest BCUT2D eigenvalue weighted by Gasteiger charge is -2.19. The van der Waals surface area contributed by atoms with Gasteiger partial charge in [-0.25, -0.2) is 0 Å². The van der Waals surface area contributed by atoms with Gasteiger partial charge in [-0.05, 0) is 48.1 Å². The van der Waals surface area contributed by atoms with Crippen molar-refractivity contribution in [1.29, 1.82) is 0 Å². The Kier molecular flexibility index (Phi) is 4.26. The molecule has 2 heteroatoms. The van der Waals surface area contributed by atoms with Gasteiger partial charge in [-0.15, -0.1) is 0 Å². The standard InChI is InChI=1S/C19H23NO/c1-3-20-19(15-10-7-11-16(12-15)21-2)18-13-17(18)14-8-5-4-6-9-14/h4-12,17-20H,3,13H2,1-2H3. The summed E-state index contributed by atoms with van der Waals surface area (Å²) in [5, 5.41) is 3.66. The molecular formula is C19H23NO. The molecule has 110 valence electrons. The number of hydrogen-bond donors (Lipinski definition) is 1. The summed E-state index contributed by atoms with van der Waals surface area (Å²) in [6, 6.07) is 19.7. The smallest absolute Gasteiger partial charge is 0.119 e. The van der Waals surface area contributed by atoms with Gasteiger partial charge in [-0.2, -0.15) is 0 Å². The zero-order valence-corrected chi connectivity index (χ0v) is 12.8. The van der Waals surface area contributed by atoms with Crippen molar-refractivity contribution in [2.45, 2.75) is 25.3 Å². The Balaban J connectivity index is 1.80. The van der Waals surface area contributed by atoms with E-state index in [2.05, 4.69) is 60.8 Å². The molecule has 1 aliphatic carbocycles. The van der Waals surface area contributed by atoms with E-state index in [1.165, 1.54) is 17.5 Å². The minimum Gasteiger partial charge on any atom is -0.497 e. The zero-order valence-electron chi connectivity index (χ0n) is 12.8. The van der Waals surface area contributed by atoms with Gasteiger partial charge in [0.05, 0.1) is 7.11 Å². The summed E-state index contributed by atoms with van der Waals surface area (Å²) in [7, 11) is 1.73. The van der Waals surface area contributed by atoms with Crippen molar-refractivity contribution in [2.24, 2.45) is 5.92 Å². The van der Waals surface area contributed by atoms with Crippen LogP contribution >= 0.6 is 0 Å². The first kappa shape index (κ1) is 14.2. The third kappa shape index (κ3) is 3.11. The van der Waals surface area contributed by atoms with Gasteiger partial charge in [0.25, 0.3) is 0 Å². The lowest BCUT2D eigenvalue weighted by molar-refractivity contribution is 0.411. The highest BCUT2D eigenvalue weighted by atomic mass is 16.5. The second kappa shape index (κ2) is 6.31. The van der Waals surface area contributed by atoms with Crippen LogP contribution in [0, 0.1) is 5.92 Å². The van der Waals surface area contributed by atoms with Crippen molar-refractivity contribution in [3.8, 4) is 5.75 Å². The van der Waals surface area contributed by atoms with Crippen LogP contribution < -0.4 is 10.1 Å². The molecular weight excluding hydrogens is 258 g/mol. The molecule has 2 nitrogen and oxygen atoms in total. The second-order valence-corrected chi connectivity index (χ2v) is 5.73. The van der Waals surface area contributed by atoms with Crippen LogP contribution in [0.1, 0.15) is 36.4 Å². The van der Waals surface area contributed by atoms with Crippen LogP contribution in [-0.2, 0) is 0 Å². The van der Waals surface area contributed by atoms with E-state index in [9.17, 15) is 0 Å². The summed E-state index contributed by atoms with van der Waals surface area (Å²) in [6.45, 7) is 3.16. The van der Waals surface area contributed by atoms with E-state index < -0.39 is 0 Å². The van der Waals surface area contributed by atoms with Crippen LogP contribution in [0.2, 0.25) is 0 Å². The van der Waals surface area contributed by atoms with E-state index in [0.29, 0.717) is 17.9 Å². The molecule has 0 heterocycles. The third-order valence-electron chi connectivity index (χ3n) is 4.37. The number of hydrogen-bond acceptors (Lipinski definition) is 2. The topological polar surface area (TPSA) is 21.3 Å². The second-order valence-electron chi connectivity index (χ2n) is 5.73. The van der Waals surface area contributed by atoms with E-state index in [0.717, 1.165) is 12.3 Å². The molecule has 3 unspecified atom stereocenters. The predicted octanol–water partition coefficient (Wildman–Crippen LogP) is 4.15. The van der Waals surface area contributed by atoms with Gasteiger partial charge in [0.1, 0.15) is 5.75 Å². The molecule has 0 radical (unpaired) electrons. The molecule has 21 heavy (non-hydrogen) atoms. The molecule has 3 rings (SSSR count). The van der Waals surface area contributed by atoms with Crippen molar-refractivity contribution < 1.29 is 4.74 Å². The van der Waals surface area contributed by atoms with Gasteiger partial charge in [0.2, 0.25) is 0 Å². The molecule has 1 N–H and O–H groups in total. The quantitative estimate of drug-likeness (QED) is 0.859. The molecule has 3 atom stereocenters. The molecule has 1 saturated carbocycles. The van der Waals surface area contributed by atoms with Crippen LogP contribution in [0.3, 0.4) is 0 Å². The monoisotopic (exact) mass is 281 g/mol. The summed E-state index contributed by atoms with van der Waals surface area (Å²) in [5.74, 6) is 2.30. The van der Waals surface area contributed by atoms with Crippen LogP contribution in [0.5, 0.6) is 5.75 Å². The summed E-state index contributed by atoms with van der Waals surface area (Å²) < 4.78 is 5.37. The highest BCUT2D eigenvalue weighted by molar-refractivity contribution is 5.34. The number of ether oxygens (including phenoxy) is 1. The Hall–Kier alpha value is -1.80. The minimum atomic E-state index is 0.412. The van der Waals surface area contributed by atoms with E-state index in [4.69, 9.17) is 4.74 Å². The summed E-state index contributed by atoms with van der Waals surface area (Å²) in [6.07, 6.45) is 1.26. The average molecular weight is 281 g/mol. The van der Waals surface area contributed by atoms with Crippen molar-refractivity contribution >= 4 is 0 Å². The zero-order chi connectivity index (χ0) is 14.7. The maximum atomic E-state index is 5.37. The van der Waals surface area contributed by atoms with E-state index in [1.807, 2.05) is 6.07 Å². The van der Waals surface area contributed by atoms with Crippen molar-refractivity contribution in [1.82, 2.24) is 5.32 Å². The maximum Gasteiger partial charge on any atom is 0.119 e. The van der Waals surface area contributed by atoms with Gasteiger partial charge in [0, 0.05) is 6.04 Å². The Bertz CT molecular complexity index is 581. The largest absolute Gasteiger partial charge is 0.497 e. The van der Waals surface area contributed by atoms with E-state index >= 15 is 0 Å². The molecule has 1 aliphatic rings. The van der Waals surface area contributed by atoms with Crippen LogP contribution in [0.25, 0.3) is 0 Å². The van der Waals surface area contributed by atoms with Crippen molar-refractivity contribution in [2.75, 3.05) is 13.7 Å². The highest BCUT2D eigenvalue weighted by Crippen LogP contribution is 2.54. The summed E-state index contributed by atoms with van der Waals surface area (Å²) in [5.41, 5.74) is 2.80. The normalized spacial score (nSPS) is 21.8. The summed E-state index contributed by atoms with van der Waals surface area (Å²) in [4.78, 5) is 0. The van der Waals surface area contributed by atoms with Crippen LogP contribution in [0.4, 0.5) is 0 Å². The van der Waals surface area contributed by atoms with Gasteiger partial charge in [-0.1, -0.05) is 49.4 Å². The SMILES string of the molecule is CCNC(c1cccc(OC)c1)C1CC1c1ccccc1. The van der Waals surface area contributed by atoms with Crippen LogP contribution in [-0.4, -0.2) is 13.7 Å². The van der Waals surface area contributed by atoms with Crippen molar-refractivity contribution in [3.05, 3.63) is 65.7 Å². The predicted molar refractivity (Wildman–Crippen MR) is 86.7 cm³/mol. The molecule has 1 fully saturated rings. The highest BCUT2D eigenvalue weighted by Gasteiger charge is 2.44. The van der Waals surface area contributed by atoms with Crippen LogP contribution in [0.15, 0.2) is 54.6 Å². The first-order valence-corrected chi connectivity index (χ1v) is 7.75. The van der Waals surface area contributed by atoms with Gasteiger partial charge < -0.3 is 10.1 Å². The first-order valence-electron chi connectivity index (χ1n) is 7.75. The molecule has 0 saturated heterocycles. The maximum absolute atomic E-state index is 5.37. The Morgan fingerprint density at radius 3 is 2.67 bits per heavy atom. The van der Waals surface area contributed by atoms with E-state index in [1.54, 1.807) is 7.11 Å². The fourth-order valence-electron chi connectivity index (χ4n) is 3.24. The van der Waals surface area contributed by atoms with E-state index in [-0.39, 0.29) is 0 Å². The molecule has 0 aliphatic heterocycles. The number of rotatable bonds is 6. The number of methoxy groups -OCH3 is 1. The van der Waals surface area contributed by atoms with Gasteiger partial charge >= 0.3 is 0 Å².